The molecule has 2 heterocycles. The molecule has 1 aromatic heterocycles. The van der Waals surface area contributed by atoms with Crippen LogP contribution in [0.2, 0.25) is 0 Å². The Balaban J connectivity index is 1.60. The van der Waals surface area contributed by atoms with Crippen LogP contribution in [0.4, 0.5) is 0 Å². The van der Waals surface area contributed by atoms with E-state index in [4.69, 9.17) is 9.41 Å². The molecule has 1 N–H and O–H groups in total. The summed E-state index contributed by atoms with van der Waals surface area (Å²) in [6, 6.07) is 0.0811. The Kier molecular flexibility index (Phi) is 3.56. The van der Waals surface area contributed by atoms with E-state index >= 15 is 0 Å². The maximum Gasteiger partial charge on any atom is 0.216 e. The fourth-order valence-electron chi connectivity index (χ4n) is 2.89. The molecule has 104 valence electrons. The zero-order valence-electron chi connectivity index (χ0n) is 11.6. The Morgan fingerprint density at radius 1 is 1.42 bits per heavy atom. The molecule has 1 unspecified atom stereocenters. The van der Waals surface area contributed by atoms with Crippen LogP contribution in [-0.4, -0.2) is 22.4 Å². The number of aliphatic imine (C=N–C) groups is 1. The third kappa shape index (κ3) is 2.81. The molecule has 1 saturated carbocycles. The van der Waals surface area contributed by atoms with E-state index in [0.29, 0.717) is 5.41 Å². The topological polar surface area (TPSA) is 50.4 Å². The predicted octanol–water partition coefficient (Wildman–Crippen LogP) is 3.30. The van der Waals surface area contributed by atoms with Gasteiger partial charge in [-0.05, 0) is 32.1 Å². The molecule has 1 fully saturated rings. The van der Waals surface area contributed by atoms with Crippen LogP contribution in [0.5, 0.6) is 0 Å². The number of hydrogen-bond donors (Lipinski definition) is 1. The van der Waals surface area contributed by atoms with Crippen LogP contribution in [0.3, 0.4) is 0 Å². The van der Waals surface area contributed by atoms with Gasteiger partial charge in [-0.2, -0.15) is 0 Å². The molecule has 0 saturated heterocycles. The lowest BCUT2D eigenvalue weighted by Crippen LogP contribution is -2.34. The number of nitrogens with one attached hydrogen (secondary N) is 1. The number of thioether (sulfide) groups is 1. The fraction of sp³-hybridized carbons (Fsp3) is 0.714. The van der Waals surface area contributed by atoms with Gasteiger partial charge in [0.2, 0.25) is 5.89 Å². The van der Waals surface area contributed by atoms with Crippen LogP contribution in [0.15, 0.2) is 15.6 Å². The van der Waals surface area contributed by atoms with Crippen molar-refractivity contribution in [3.05, 3.63) is 17.8 Å². The molecule has 0 amide bonds. The summed E-state index contributed by atoms with van der Waals surface area (Å²) in [6.45, 7) is 4.97. The van der Waals surface area contributed by atoms with Gasteiger partial charge in [-0.3, -0.25) is 4.99 Å². The SMILES string of the molecule is Cc1cnc(C(C)NC2=NCC3(CCCC3)CS2)o1. The molecule has 0 aromatic carbocycles. The molecule has 5 heteroatoms. The molecule has 4 nitrogen and oxygen atoms in total. The van der Waals surface area contributed by atoms with Crippen LogP contribution >= 0.6 is 11.8 Å². The van der Waals surface area contributed by atoms with E-state index < -0.39 is 0 Å². The predicted molar refractivity (Wildman–Crippen MR) is 78.5 cm³/mol. The van der Waals surface area contributed by atoms with E-state index in [1.807, 2.05) is 18.7 Å². The highest BCUT2D eigenvalue weighted by molar-refractivity contribution is 8.13. The molecule has 1 spiro atoms. The Hall–Kier alpha value is -0.970. The third-order valence-corrected chi connectivity index (χ3v) is 5.36. The summed E-state index contributed by atoms with van der Waals surface area (Å²) in [5.41, 5.74) is 0.499. The third-order valence-electron chi connectivity index (χ3n) is 4.09. The van der Waals surface area contributed by atoms with Crippen LogP contribution in [0.25, 0.3) is 0 Å². The Morgan fingerprint density at radius 3 is 2.79 bits per heavy atom. The smallest absolute Gasteiger partial charge is 0.216 e. The molecule has 19 heavy (non-hydrogen) atoms. The Morgan fingerprint density at radius 2 is 2.21 bits per heavy atom. The second-order valence-corrected chi connectivity index (χ2v) is 6.76. The van der Waals surface area contributed by atoms with Gasteiger partial charge in [-0.1, -0.05) is 24.6 Å². The van der Waals surface area contributed by atoms with E-state index in [9.17, 15) is 0 Å². The van der Waals surface area contributed by atoms with Gasteiger partial charge in [0, 0.05) is 12.3 Å². The van der Waals surface area contributed by atoms with Crippen molar-refractivity contribution in [1.82, 2.24) is 10.3 Å². The lowest BCUT2D eigenvalue weighted by atomic mass is 9.89. The normalized spacial score (nSPS) is 23.4. The minimum absolute atomic E-state index is 0.0811. The fourth-order valence-corrected chi connectivity index (χ4v) is 4.13. The van der Waals surface area contributed by atoms with Crippen LogP contribution in [0.1, 0.15) is 50.3 Å². The zero-order chi connectivity index (χ0) is 13.3. The monoisotopic (exact) mass is 279 g/mol. The largest absolute Gasteiger partial charge is 0.444 e. The van der Waals surface area contributed by atoms with Gasteiger partial charge in [0.25, 0.3) is 0 Å². The van der Waals surface area contributed by atoms with Crippen molar-refractivity contribution in [2.24, 2.45) is 10.4 Å². The summed E-state index contributed by atoms with van der Waals surface area (Å²) in [6.07, 6.45) is 7.23. The molecular weight excluding hydrogens is 258 g/mol. The standard InChI is InChI=1S/C14H21N3OS/c1-10-7-15-12(18-10)11(2)17-13-16-8-14(9-19-13)5-3-4-6-14/h7,11H,3-6,8-9H2,1-2H3,(H,16,17). The van der Waals surface area contributed by atoms with Gasteiger partial charge in [-0.25, -0.2) is 4.98 Å². The molecule has 2 aliphatic rings. The van der Waals surface area contributed by atoms with Crippen molar-refractivity contribution in [2.75, 3.05) is 12.3 Å². The Labute approximate surface area is 118 Å². The number of aryl methyl sites for hydroxylation is 1. The minimum atomic E-state index is 0.0811. The quantitative estimate of drug-likeness (QED) is 0.902. The summed E-state index contributed by atoms with van der Waals surface area (Å²) >= 11 is 1.86. The molecule has 0 bridgehead atoms. The Bertz CT molecular complexity index is 477. The minimum Gasteiger partial charge on any atom is -0.444 e. The van der Waals surface area contributed by atoms with Gasteiger partial charge in [0.15, 0.2) is 5.17 Å². The zero-order valence-corrected chi connectivity index (χ0v) is 12.4. The molecule has 0 radical (unpaired) electrons. The summed E-state index contributed by atoms with van der Waals surface area (Å²) in [5.74, 6) is 2.80. The number of nitrogens with zero attached hydrogens (tertiary/aromatic N) is 2. The second-order valence-electron chi connectivity index (χ2n) is 5.79. The molecule has 1 aliphatic carbocycles. The van der Waals surface area contributed by atoms with Gasteiger partial charge in [-0.15, -0.1) is 0 Å². The van der Waals surface area contributed by atoms with E-state index in [0.717, 1.165) is 23.4 Å². The number of amidine groups is 1. The average Bonchev–Trinajstić information content (AvgIpc) is 3.02. The maximum atomic E-state index is 5.54. The summed E-state index contributed by atoms with van der Waals surface area (Å²) in [7, 11) is 0. The first-order valence-corrected chi connectivity index (χ1v) is 8.02. The highest BCUT2D eigenvalue weighted by Gasteiger charge is 2.36. The van der Waals surface area contributed by atoms with E-state index in [1.54, 1.807) is 6.20 Å². The van der Waals surface area contributed by atoms with Gasteiger partial charge in [0.05, 0.1) is 6.20 Å². The van der Waals surface area contributed by atoms with Crippen LogP contribution in [0, 0.1) is 12.3 Å². The molecule has 3 rings (SSSR count). The van der Waals surface area contributed by atoms with Crippen LogP contribution in [-0.2, 0) is 0 Å². The highest BCUT2D eigenvalue weighted by atomic mass is 32.2. The van der Waals surface area contributed by atoms with Gasteiger partial charge in [0.1, 0.15) is 11.8 Å². The van der Waals surface area contributed by atoms with Crippen molar-refractivity contribution in [3.8, 4) is 0 Å². The van der Waals surface area contributed by atoms with E-state index in [2.05, 4.69) is 17.2 Å². The van der Waals surface area contributed by atoms with Gasteiger partial charge >= 0.3 is 0 Å². The van der Waals surface area contributed by atoms with Crippen molar-refractivity contribution >= 4 is 16.9 Å². The summed E-state index contributed by atoms with van der Waals surface area (Å²) < 4.78 is 5.54. The summed E-state index contributed by atoms with van der Waals surface area (Å²) in [4.78, 5) is 8.99. The number of rotatable bonds is 2. The summed E-state index contributed by atoms with van der Waals surface area (Å²) in [5, 5.41) is 4.45. The molecule has 1 atom stereocenters. The number of aromatic nitrogens is 1. The van der Waals surface area contributed by atoms with Crippen molar-refractivity contribution in [1.29, 1.82) is 0 Å². The molecule has 1 aromatic rings. The van der Waals surface area contributed by atoms with Crippen molar-refractivity contribution in [3.63, 3.8) is 0 Å². The lowest BCUT2D eigenvalue weighted by molar-refractivity contribution is 0.357. The molecular formula is C14H21N3OS. The average molecular weight is 279 g/mol. The number of oxazole rings is 1. The highest BCUT2D eigenvalue weighted by Crippen LogP contribution is 2.43. The maximum absolute atomic E-state index is 5.54. The van der Waals surface area contributed by atoms with E-state index in [-0.39, 0.29) is 6.04 Å². The van der Waals surface area contributed by atoms with Crippen molar-refractivity contribution in [2.45, 2.75) is 45.6 Å². The van der Waals surface area contributed by atoms with Crippen LogP contribution < -0.4 is 5.32 Å². The first-order chi connectivity index (χ1) is 9.17. The van der Waals surface area contributed by atoms with Crippen molar-refractivity contribution < 1.29 is 4.42 Å². The molecule has 1 aliphatic heterocycles. The first kappa shape index (κ1) is 13.0. The number of hydrogen-bond acceptors (Lipinski definition) is 5. The first-order valence-electron chi connectivity index (χ1n) is 7.03. The van der Waals surface area contributed by atoms with Gasteiger partial charge < -0.3 is 9.73 Å². The van der Waals surface area contributed by atoms with E-state index in [1.165, 1.54) is 31.4 Å². The lowest BCUT2D eigenvalue weighted by Gasteiger charge is -2.31. The second kappa shape index (κ2) is 5.19.